The van der Waals surface area contributed by atoms with Crippen LogP contribution < -0.4 is 14.8 Å². The molecule has 2 fully saturated rings. The summed E-state index contributed by atoms with van der Waals surface area (Å²) in [4.78, 5) is 20.7. The number of nitrogens with one attached hydrogen (secondary N) is 1. The summed E-state index contributed by atoms with van der Waals surface area (Å²) in [7, 11) is 0. The van der Waals surface area contributed by atoms with Gasteiger partial charge >= 0.3 is 0 Å². The van der Waals surface area contributed by atoms with Gasteiger partial charge in [-0.15, -0.1) is 10.2 Å². The van der Waals surface area contributed by atoms with E-state index in [0.29, 0.717) is 66.7 Å². The second-order valence-electron chi connectivity index (χ2n) is 9.90. The number of anilines is 2. The lowest BCUT2D eigenvalue weighted by Gasteiger charge is -2.26. The summed E-state index contributed by atoms with van der Waals surface area (Å²) in [5, 5.41) is 19.6. The predicted octanol–water partition coefficient (Wildman–Crippen LogP) is 3.65. The van der Waals surface area contributed by atoms with Gasteiger partial charge in [0.25, 0.3) is 5.88 Å². The van der Waals surface area contributed by atoms with Crippen molar-refractivity contribution in [3.8, 4) is 22.8 Å². The zero-order chi connectivity index (χ0) is 27.5. The van der Waals surface area contributed by atoms with Crippen LogP contribution in [0.3, 0.4) is 0 Å². The van der Waals surface area contributed by atoms with Crippen LogP contribution in [-0.4, -0.2) is 71.2 Å². The molecule has 1 N–H and O–H groups in total. The van der Waals surface area contributed by atoms with E-state index < -0.39 is 0 Å². The van der Waals surface area contributed by atoms with Gasteiger partial charge in [0.15, 0.2) is 0 Å². The summed E-state index contributed by atoms with van der Waals surface area (Å²) in [5.41, 5.74) is 2.32. The number of tetrazole rings is 1. The highest BCUT2D eigenvalue weighted by atomic mass is 35.5. The maximum atomic E-state index is 11.7. The molecule has 2 aliphatic rings. The molecule has 4 aromatic rings. The molecular weight excluding hydrogens is 538 g/mol. The van der Waals surface area contributed by atoms with Crippen molar-refractivity contribution in [1.82, 2.24) is 40.0 Å². The molecule has 14 heteroatoms. The molecule has 0 spiro atoms. The van der Waals surface area contributed by atoms with Gasteiger partial charge in [0.1, 0.15) is 35.8 Å². The minimum Gasteiger partial charge on any atom is -0.487 e. The Balaban J connectivity index is 1.16. The molecule has 0 radical (unpaired) electrons. The average Bonchev–Trinajstić information content (AvgIpc) is 3.58. The average molecular weight is 566 g/mol. The van der Waals surface area contributed by atoms with Gasteiger partial charge in [-0.05, 0) is 47.9 Å². The number of hydrogen-bond acceptors (Lipinski definition) is 11. The van der Waals surface area contributed by atoms with Crippen LogP contribution in [0, 0.1) is 0 Å². The monoisotopic (exact) mass is 565 g/mol. The third-order valence-electron chi connectivity index (χ3n) is 6.80. The van der Waals surface area contributed by atoms with Crippen LogP contribution >= 0.6 is 11.6 Å². The molecule has 1 aliphatic heterocycles. The number of benzene rings is 1. The number of Topliss-reactive ketones (excluding diaryl/α,β-unsaturated/α-hetero) is 1. The highest BCUT2D eigenvalue weighted by Crippen LogP contribution is 2.34. The maximum absolute atomic E-state index is 11.7. The number of halogens is 1. The minimum absolute atomic E-state index is 0.0444. The molecule has 40 heavy (non-hydrogen) atoms. The molecule has 1 aromatic carbocycles. The molecule has 1 saturated heterocycles. The van der Waals surface area contributed by atoms with E-state index in [1.807, 2.05) is 29.9 Å². The zero-order valence-electron chi connectivity index (χ0n) is 21.8. The van der Waals surface area contributed by atoms with Gasteiger partial charge in [-0.2, -0.15) is 0 Å². The fourth-order valence-electron chi connectivity index (χ4n) is 4.58. The SMILES string of the molecule is CC(Cn1cnnn1)Oc1cc(-c2cnc(Nc3cn(C4CCC(=O)CC4)nc3OC3COC3)nc2)ccc1Cl. The topological polar surface area (TPSA) is 144 Å². The zero-order valence-corrected chi connectivity index (χ0v) is 22.6. The number of hydrogen-bond donors (Lipinski definition) is 1. The Morgan fingerprint density at radius 1 is 1.18 bits per heavy atom. The normalized spacial score (nSPS) is 16.9. The predicted molar refractivity (Wildman–Crippen MR) is 144 cm³/mol. The summed E-state index contributed by atoms with van der Waals surface area (Å²) in [6.07, 6.45) is 9.29. The minimum atomic E-state index is -0.211. The van der Waals surface area contributed by atoms with Crippen molar-refractivity contribution in [2.45, 2.75) is 57.4 Å². The maximum Gasteiger partial charge on any atom is 0.257 e. The Morgan fingerprint density at radius 3 is 2.67 bits per heavy atom. The molecular formula is C26H28ClN9O4. The van der Waals surface area contributed by atoms with Crippen molar-refractivity contribution in [3.63, 3.8) is 0 Å². The van der Waals surface area contributed by atoms with Crippen LogP contribution in [0.1, 0.15) is 38.6 Å². The number of carbonyl (C=O) groups excluding carboxylic acids is 1. The number of ketones is 1. The molecule has 0 amide bonds. The van der Waals surface area contributed by atoms with Crippen LogP contribution in [0.4, 0.5) is 11.6 Å². The van der Waals surface area contributed by atoms with E-state index in [1.165, 1.54) is 6.33 Å². The van der Waals surface area contributed by atoms with Crippen molar-refractivity contribution < 1.29 is 19.0 Å². The first-order valence-corrected chi connectivity index (χ1v) is 13.5. The van der Waals surface area contributed by atoms with E-state index in [2.05, 4.69) is 35.9 Å². The summed E-state index contributed by atoms with van der Waals surface area (Å²) in [5.74, 6) is 1.71. The van der Waals surface area contributed by atoms with Gasteiger partial charge in [-0.1, -0.05) is 17.7 Å². The van der Waals surface area contributed by atoms with Crippen LogP contribution in [0.2, 0.25) is 5.02 Å². The van der Waals surface area contributed by atoms with E-state index in [4.69, 9.17) is 25.8 Å². The van der Waals surface area contributed by atoms with Crippen molar-refractivity contribution in [2.75, 3.05) is 18.5 Å². The summed E-state index contributed by atoms with van der Waals surface area (Å²) >= 11 is 6.40. The van der Waals surface area contributed by atoms with Crippen LogP contribution in [0.25, 0.3) is 11.1 Å². The number of carbonyl (C=O) groups is 1. The largest absolute Gasteiger partial charge is 0.487 e. The second kappa shape index (κ2) is 11.6. The molecule has 4 heterocycles. The molecule has 6 rings (SSSR count). The Bertz CT molecular complexity index is 1450. The molecule has 3 aromatic heterocycles. The summed E-state index contributed by atoms with van der Waals surface area (Å²) in [6.45, 7) is 3.45. The number of nitrogens with zero attached hydrogens (tertiary/aromatic N) is 8. The molecule has 13 nitrogen and oxygen atoms in total. The first-order valence-electron chi connectivity index (χ1n) is 13.1. The van der Waals surface area contributed by atoms with Gasteiger partial charge in [0.2, 0.25) is 5.95 Å². The van der Waals surface area contributed by atoms with E-state index in [9.17, 15) is 4.79 Å². The van der Waals surface area contributed by atoms with E-state index >= 15 is 0 Å². The van der Waals surface area contributed by atoms with E-state index in [-0.39, 0.29) is 18.2 Å². The van der Waals surface area contributed by atoms with Crippen molar-refractivity contribution in [2.24, 2.45) is 0 Å². The Hall–Kier alpha value is -4.10. The molecule has 1 atom stereocenters. The second-order valence-corrected chi connectivity index (χ2v) is 10.3. The Kier molecular flexibility index (Phi) is 7.55. The Labute approximate surface area is 234 Å². The first-order chi connectivity index (χ1) is 19.5. The molecule has 1 aliphatic carbocycles. The van der Waals surface area contributed by atoms with Crippen molar-refractivity contribution >= 4 is 29.0 Å². The quantitative estimate of drug-likeness (QED) is 0.301. The fourth-order valence-corrected chi connectivity index (χ4v) is 4.74. The number of rotatable bonds is 10. The molecule has 0 bridgehead atoms. The fraction of sp³-hybridized carbons (Fsp3) is 0.423. The third kappa shape index (κ3) is 6.05. The number of ether oxygens (including phenoxy) is 3. The molecule has 208 valence electrons. The highest BCUT2D eigenvalue weighted by Gasteiger charge is 2.27. The van der Waals surface area contributed by atoms with Crippen LogP contribution in [-0.2, 0) is 16.1 Å². The molecule has 1 saturated carbocycles. The first kappa shape index (κ1) is 26.1. The lowest BCUT2D eigenvalue weighted by molar-refractivity contribution is -0.120. The highest BCUT2D eigenvalue weighted by molar-refractivity contribution is 6.32. The van der Waals surface area contributed by atoms with Crippen molar-refractivity contribution in [3.05, 3.63) is 48.1 Å². The van der Waals surface area contributed by atoms with Crippen LogP contribution in [0.5, 0.6) is 11.6 Å². The van der Waals surface area contributed by atoms with E-state index in [0.717, 1.165) is 24.0 Å². The summed E-state index contributed by atoms with van der Waals surface area (Å²) < 4.78 is 20.8. The van der Waals surface area contributed by atoms with Crippen LogP contribution in [0.15, 0.2) is 43.1 Å². The van der Waals surface area contributed by atoms with Gasteiger partial charge in [-0.3, -0.25) is 9.48 Å². The Morgan fingerprint density at radius 2 is 1.98 bits per heavy atom. The lowest BCUT2D eigenvalue weighted by atomic mass is 9.95. The van der Waals surface area contributed by atoms with Gasteiger partial charge < -0.3 is 19.5 Å². The van der Waals surface area contributed by atoms with Gasteiger partial charge in [0, 0.05) is 30.8 Å². The number of aromatic nitrogens is 8. The van der Waals surface area contributed by atoms with E-state index in [1.54, 1.807) is 23.1 Å². The summed E-state index contributed by atoms with van der Waals surface area (Å²) in [6, 6.07) is 5.67. The smallest absolute Gasteiger partial charge is 0.257 e. The third-order valence-corrected chi connectivity index (χ3v) is 7.11. The van der Waals surface area contributed by atoms with Gasteiger partial charge in [0.05, 0.1) is 37.0 Å². The van der Waals surface area contributed by atoms with Crippen molar-refractivity contribution in [1.29, 1.82) is 0 Å². The van der Waals surface area contributed by atoms with Gasteiger partial charge in [-0.25, -0.2) is 14.6 Å². The molecule has 1 unspecified atom stereocenters. The standard InChI is InChI=1S/C26H28ClN9O4/c1-16(11-35-15-30-33-34-35)39-24-8-17(2-7-22(24)27)18-9-28-26(29-10-18)31-23-12-36(19-3-5-20(37)6-4-19)32-25(23)40-21-13-38-14-21/h2,7-10,12,15-16,19,21H,3-6,11,13-14H2,1H3,(H,28,29,31). The lowest BCUT2D eigenvalue weighted by Crippen LogP contribution is -2.38.